The summed E-state index contributed by atoms with van der Waals surface area (Å²) in [5.74, 6) is -0.208. The molecule has 0 aliphatic carbocycles. The highest BCUT2D eigenvalue weighted by atomic mass is 32.2. The zero-order chi connectivity index (χ0) is 19.4. The van der Waals surface area contributed by atoms with Crippen LogP contribution in [0.15, 0.2) is 58.6 Å². The first kappa shape index (κ1) is 19.1. The zero-order valence-corrected chi connectivity index (χ0v) is 16.3. The van der Waals surface area contributed by atoms with Crippen LogP contribution in [0.25, 0.3) is 5.69 Å². The fourth-order valence-electron chi connectivity index (χ4n) is 2.35. The van der Waals surface area contributed by atoms with Crippen molar-refractivity contribution in [1.29, 1.82) is 0 Å². The van der Waals surface area contributed by atoms with Crippen LogP contribution in [0, 0.1) is 6.92 Å². The third-order valence-electron chi connectivity index (χ3n) is 3.66. The van der Waals surface area contributed by atoms with E-state index in [0.29, 0.717) is 10.8 Å². The predicted molar refractivity (Wildman–Crippen MR) is 103 cm³/mol. The van der Waals surface area contributed by atoms with Crippen LogP contribution in [0.2, 0.25) is 0 Å². The summed E-state index contributed by atoms with van der Waals surface area (Å²) in [6.07, 6.45) is 1.12. The van der Waals surface area contributed by atoms with E-state index < -0.39 is 9.84 Å². The summed E-state index contributed by atoms with van der Waals surface area (Å²) < 4.78 is 24.8. The third kappa shape index (κ3) is 4.72. The van der Waals surface area contributed by atoms with Gasteiger partial charge < -0.3 is 5.32 Å². The number of carbonyl (C=O) groups excluding carboxylic acids is 1. The lowest BCUT2D eigenvalue weighted by Gasteiger charge is -2.08. The summed E-state index contributed by atoms with van der Waals surface area (Å²) >= 11 is 1.19. The number of thioether (sulfide) groups is 1. The van der Waals surface area contributed by atoms with Crippen molar-refractivity contribution in [1.82, 2.24) is 20.2 Å². The molecule has 0 radical (unpaired) electrons. The molecule has 0 fully saturated rings. The second-order valence-corrected chi connectivity index (χ2v) is 8.75. The maximum Gasteiger partial charge on any atom is 0.234 e. The summed E-state index contributed by atoms with van der Waals surface area (Å²) in [4.78, 5) is 12.4. The number of carbonyl (C=O) groups is 1. The van der Waals surface area contributed by atoms with Crippen LogP contribution in [-0.2, 0) is 14.6 Å². The second kappa shape index (κ2) is 7.89. The molecule has 0 bridgehead atoms. The van der Waals surface area contributed by atoms with Crippen LogP contribution in [0.1, 0.15) is 5.56 Å². The molecule has 0 spiro atoms. The SMILES string of the molecule is Cc1ccccc1-n1nnnc1SCC(=O)Nc1cccc(S(C)(=O)=O)c1. The van der Waals surface area contributed by atoms with Crippen LogP contribution in [0.5, 0.6) is 0 Å². The number of amides is 1. The number of nitrogens with zero attached hydrogens (tertiary/aromatic N) is 4. The van der Waals surface area contributed by atoms with Crippen LogP contribution < -0.4 is 5.32 Å². The fourth-order valence-corrected chi connectivity index (χ4v) is 3.70. The van der Waals surface area contributed by atoms with Gasteiger partial charge in [-0.15, -0.1) is 5.10 Å². The van der Waals surface area contributed by atoms with Gasteiger partial charge in [0.2, 0.25) is 11.1 Å². The van der Waals surface area contributed by atoms with Crippen molar-refractivity contribution in [2.24, 2.45) is 0 Å². The molecule has 1 aromatic heterocycles. The molecule has 0 saturated carbocycles. The van der Waals surface area contributed by atoms with E-state index in [2.05, 4.69) is 20.8 Å². The van der Waals surface area contributed by atoms with Crippen molar-refractivity contribution in [3.8, 4) is 5.69 Å². The fraction of sp³-hybridized carbons (Fsp3) is 0.176. The van der Waals surface area contributed by atoms with Gasteiger partial charge in [-0.1, -0.05) is 36.0 Å². The minimum atomic E-state index is -3.34. The number of anilines is 1. The Bertz CT molecular complexity index is 1080. The molecule has 3 aromatic rings. The number of aromatic nitrogens is 4. The van der Waals surface area contributed by atoms with Crippen molar-refractivity contribution in [3.05, 3.63) is 54.1 Å². The Morgan fingerprint density at radius 1 is 1.19 bits per heavy atom. The van der Waals surface area contributed by atoms with Gasteiger partial charge in [0.1, 0.15) is 0 Å². The average Bonchev–Trinajstić information content (AvgIpc) is 3.08. The summed E-state index contributed by atoms with van der Waals surface area (Å²) in [6.45, 7) is 1.95. The monoisotopic (exact) mass is 403 g/mol. The summed E-state index contributed by atoms with van der Waals surface area (Å²) in [6, 6.07) is 13.8. The first-order chi connectivity index (χ1) is 12.8. The lowest BCUT2D eigenvalue weighted by atomic mass is 10.2. The third-order valence-corrected chi connectivity index (χ3v) is 5.69. The van der Waals surface area contributed by atoms with Gasteiger partial charge in [-0.2, -0.15) is 4.68 Å². The highest BCUT2D eigenvalue weighted by Gasteiger charge is 2.14. The predicted octanol–water partition coefficient (Wildman–Crippen LogP) is 2.11. The molecule has 1 N–H and O–H groups in total. The maximum atomic E-state index is 12.2. The number of hydrogen-bond acceptors (Lipinski definition) is 7. The molecule has 0 saturated heterocycles. The molecule has 8 nitrogen and oxygen atoms in total. The van der Waals surface area contributed by atoms with Gasteiger partial charge in [-0.3, -0.25) is 4.79 Å². The Hall–Kier alpha value is -2.72. The molecule has 27 heavy (non-hydrogen) atoms. The molecule has 0 unspecified atom stereocenters. The minimum absolute atomic E-state index is 0.0787. The normalized spacial score (nSPS) is 11.3. The number of nitrogens with one attached hydrogen (secondary N) is 1. The van der Waals surface area contributed by atoms with Crippen molar-refractivity contribution in [2.75, 3.05) is 17.3 Å². The van der Waals surface area contributed by atoms with E-state index in [-0.39, 0.29) is 16.6 Å². The van der Waals surface area contributed by atoms with Gasteiger partial charge in [0, 0.05) is 11.9 Å². The molecule has 0 aliphatic heterocycles. The van der Waals surface area contributed by atoms with Crippen molar-refractivity contribution >= 4 is 33.2 Å². The largest absolute Gasteiger partial charge is 0.325 e. The van der Waals surface area contributed by atoms with Gasteiger partial charge in [0.15, 0.2) is 9.84 Å². The Balaban J connectivity index is 1.68. The minimum Gasteiger partial charge on any atom is -0.325 e. The maximum absolute atomic E-state index is 12.2. The van der Waals surface area contributed by atoms with E-state index in [1.807, 2.05) is 31.2 Å². The average molecular weight is 403 g/mol. The summed E-state index contributed by atoms with van der Waals surface area (Å²) in [7, 11) is -3.34. The number of aryl methyl sites for hydroxylation is 1. The Morgan fingerprint density at radius 2 is 1.96 bits per heavy atom. The van der Waals surface area contributed by atoms with E-state index >= 15 is 0 Å². The quantitative estimate of drug-likeness (QED) is 0.628. The lowest BCUT2D eigenvalue weighted by molar-refractivity contribution is -0.113. The lowest BCUT2D eigenvalue weighted by Crippen LogP contribution is -2.15. The van der Waals surface area contributed by atoms with Crippen LogP contribution in [0.4, 0.5) is 5.69 Å². The molecule has 1 heterocycles. The van der Waals surface area contributed by atoms with Crippen molar-refractivity contribution in [3.63, 3.8) is 0 Å². The Kier molecular flexibility index (Phi) is 5.57. The molecular formula is C17H17N5O3S2. The molecule has 0 aliphatic rings. The first-order valence-corrected chi connectivity index (χ1v) is 10.8. The van der Waals surface area contributed by atoms with Crippen molar-refractivity contribution < 1.29 is 13.2 Å². The molecular weight excluding hydrogens is 386 g/mol. The number of rotatable bonds is 6. The first-order valence-electron chi connectivity index (χ1n) is 7.92. The van der Waals surface area contributed by atoms with E-state index in [1.54, 1.807) is 16.8 Å². The molecule has 10 heteroatoms. The molecule has 1 amide bonds. The molecule has 140 valence electrons. The highest BCUT2D eigenvalue weighted by Crippen LogP contribution is 2.21. The van der Waals surface area contributed by atoms with Gasteiger partial charge in [-0.05, 0) is 47.2 Å². The van der Waals surface area contributed by atoms with E-state index in [1.165, 1.54) is 23.9 Å². The van der Waals surface area contributed by atoms with Gasteiger partial charge in [0.05, 0.1) is 16.3 Å². The van der Waals surface area contributed by atoms with Crippen molar-refractivity contribution in [2.45, 2.75) is 17.0 Å². The van der Waals surface area contributed by atoms with Gasteiger partial charge in [0.25, 0.3) is 0 Å². The van der Waals surface area contributed by atoms with Crippen LogP contribution in [-0.4, -0.2) is 46.5 Å². The highest BCUT2D eigenvalue weighted by molar-refractivity contribution is 7.99. The molecule has 2 aromatic carbocycles. The van der Waals surface area contributed by atoms with E-state index in [0.717, 1.165) is 17.5 Å². The standard InChI is InChI=1S/C17H17N5O3S2/c1-12-6-3-4-9-15(12)22-17(19-20-21-22)26-11-16(23)18-13-7-5-8-14(10-13)27(2,24)25/h3-10H,11H2,1-2H3,(H,18,23). The van der Waals surface area contributed by atoms with E-state index in [4.69, 9.17) is 0 Å². The number of benzene rings is 2. The zero-order valence-electron chi connectivity index (χ0n) is 14.7. The number of hydrogen-bond donors (Lipinski definition) is 1. The van der Waals surface area contributed by atoms with Gasteiger partial charge in [-0.25, -0.2) is 8.42 Å². The number of para-hydroxylation sites is 1. The Labute approximate surface area is 160 Å². The second-order valence-electron chi connectivity index (χ2n) is 5.80. The number of tetrazole rings is 1. The molecule has 3 rings (SSSR count). The van der Waals surface area contributed by atoms with E-state index in [9.17, 15) is 13.2 Å². The smallest absolute Gasteiger partial charge is 0.234 e. The van der Waals surface area contributed by atoms with Gasteiger partial charge >= 0.3 is 0 Å². The van der Waals surface area contributed by atoms with Crippen LogP contribution >= 0.6 is 11.8 Å². The Morgan fingerprint density at radius 3 is 2.70 bits per heavy atom. The summed E-state index contributed by atoms with van der Waals surface area (Å²) in [5, 5.41) is 14.8. The topological polar surface area (TPSA) is 107 Å². The number of sulfone groups is 1. The van der Waals surface area contributed by atoms with Crippen LogP contribution in [0.3, 0.4) is 0 Å². The summed E-state index contributed by atoms with van der Waals surface area (Å²) in [5.41, 5.74) is 2.27. The molecule has 0 atom stereocenters.